The molecule has 8 bridgehead atoms. The van der Waals surface area contributed by atoms with Crippen molar-refractivity contribution in [2.24, 2.45) is 0 Å². The van der Waals surface area contributed by atoms with E-state index in [-0.39, 0.29) is 5.57 Å². The summed E-state index contributed by atoms with van der Waals surface area (Å²) >= 11 is 0. The first kappa shape index (κ1) is 32.5. The van der Waals surface area contributed by atoms with Gasteiger partial charge in [0.2, 0.25) is 0 Å². The lowest BCUT2D eigenvalue weighted by Crippen LogP contribution is -2.07. The number of nitrogens with zero attached hydrogens (tertiary/aromatic N) is 5. The van der Waals surface area contributed by atoms with Gasteiger partial charge >= 0.3 is 0 Å². The number of fused-ring (bicyclic) bond motifs is 8. The molecule has 2 N–H and O–H groups in total. The molecule has 7 nitrogen and oxygen atoms in total. The summed E-state index contributed by atoms with van der Waals surface area (Å²) in [6, 6.07) is 40.5. The van der Waals surface area contributed by atoms with Crippen molar-refractivity contribution in [3.63, 3.8) is 0 Å². The van der Waals surface area contributed by atoms with Gasteiger partial charge in [-0.15, -0.1) is 0 Å². The molecule has 0 fully saturated rings. The summed E-state index contributed by atoms with van der Waals surface area (Å²) in [5, 5.41) is 19.5. The van der Waals surface area contributed by atoms with Crippen LogP contribution < -0.4 is 4.90 Å². The zero-order valence-corrected chi connectivity index (χ0v) is 29.0. The minimum absolute atomic E-state index is 0.0243. The Morgan fingerprint density at radius 1 is 0.566 bits per heavy atom. The van der Waals surface area contributed by atoms with Gasteiger partial charge in [0.15, 0.2) is 0 Å². The molecule has 5 heterocycles. The molecule has 3 aromatic heterocycles. The molecule has 0 radical (unpaired) electrons. The Hall–Kier alpha value is -7.66. The van der Waals surface area contributed by atoms with E-state index >= 15 is 0 Å². The van der Waals surface area contributed by atoms with Crippen LogP contribution in [0, 0.1) is 34.5 Å². The Kier molecular flexibility index (Phi) is 8.55. The predicted molar refractivity (Wildman–Crippen MR) is 216 cm³/mol. The lowest BCUT2D eigenvalue weighted by atomic mass is 10.0. The summed E-state index contributed by atoms with van der Waals surface area (Å²) in [6.07, 6.45) is 9.53. The molecule has 0 spiro atoms. The fraction of sp³-hybridized carbons (Fsp3) is 0.0435. The largest absolute Gasteiger partial charge is 0.378 e. The van der Waals surface area contributed by atoms with Gasteiger partial charge in [-0.1, -0.05) is 72.5 Å². The number of allylic oxidation sites excluding steroid dienone is 1. The molecule has 53 heavy (non-hydrogen) atoms. The molecule has 2 aliphatic rings. The van der Waals surface area contributed by atoms with Crippen LogP contribution in [0.25, 0.3) is 74.7 Å². The van der Waals surface area contributed by atoms with Crippen LogP contribution in [0.4, 0.5) is 5.69 Å². The van der Waals surface area contributed by atoms with Crippen molar-refractivity contribution in [3.05, 3.63) is 154 Å². The first-order chi connectivity index (χ1) is 26.0. The average Bonchev–Trinajstić information content (AvgIpc) is 4.03. The molecule has 6 aromatic rings. The molecule has 2 aliphatic heterocycles. The minimum Gasteiger partial charge on any atom is -0.378 e. The third kappa shape index (κ3) is 6.41. The van der Waals surface area contributed by atoms with Gasteiger partial charge in [0.25, 0.3) is 0 Å². The summed E-state index contributed by atoms with van der Waals surface area (Å²) in [6.45, 7) is 0. The van der Waals surface area contributed by atoms with Crippen molar-refractivity contribution in [1.82, 2.24) is 19.9 Å². The molecule has 0 atom stereocenters. The highest BCUT2D eigenvalue weighted by Gasteiger charge is 2.17. The lowest BCUT2D eigenvalue weighted by molar-refractivity contribution is 1.13. The third-order valence-corrected chi connectivity index (χ3v) is 9.16. The van der Waals surface area contributed by atoms with Gasteiger partial charge in [-0.25, -0.2) is 9.97 Å². The SMILES string of the molecule is CN(C)c1ccc(C#Cc2c3nc(c(-c4ccccc4)c4ccc([nH]4)c(C=C(C#N)C#N)c4nc(c(-c5ccccc5)c5ccc2[nH]5)C=C4)C=C3)cc1. The molecule has 250 valence electrons. The monoisotopic (exact) mass is 681 g/mol. The molecule has 3 aromatic carbocycles. The van der Waals surface area contributed by atoms with Crippen LogP contribution in [0.1, 0.15) is 39.5 Å². The van der Waals surface area contributed by atoms with Crippen LogP contribution in [0.2, 0.25) is 0 Å². The van der Waals surface area contributed by atoms with Gasteiger partial charge in [-0.2, -0.15) is 10.5 Å². The minimum atomic E-state index is -0.0243. The van der Waals surface area contributed by atoms with E-state index in [9.17, 15) is 10.5 Å². The second-order valence-electron chi connectivity index (χ2n) is 12.7. The summed E-state index contributed by atoms with van der Waals surface area (Å²) in [7, 11) is 4.04. The third-order valence-electron chi connectivity index (χ3n) is 9.16. The van der Waals surface area contributed by atoms with Crippen LogP contribution in [0.15, 0.2) is 115 Å². The maximum Gasteiger partial charge on any atom is 0.130 e. The summed E-state index contributed by atoms with van der Waals surface area (Å²) < 4.78 is 0. The van der Waals surface area contributed by atoms with Crippen molar-refractivity contribution < 1.29 is 0 Å². The Morgan fingerprint density at radius 2 is 1.08 bits per heavy atom. The highest BCUT2D eigenvalue weighted by atomic mass is 15.1. The first-order valence-corrected chi connectivity index (χ1v) is 17.1. The predicted octanol–water partition coefficient (Wildman–Crippen LogP) is 9.89. The second-order valence-corrected chi connectivity index (χ2v) is 12.7. The van der Waals surface area contributed by atoms with Gasteiger partial charge in [0, 0.05) is 58.6 Å². The summed E-state index contributed by atoms with van der Waals surface area (Å²) in [5.74, 6) is 6.88. The zero-order valence-electron chi connectivity index (χ0n) is 29.0. The number of anilines is 1. The van der Waals surface area contributed by atoms with Crippen molar-refractivity contribution in [1.29, 1.82) is 10.5 Å². The van der Waals surface area contributed by atoms with Gasteiger partial charge in [0.05, 0.1) is 33.9 Å². The number of H-pyrrole nitrogens is 2. The number of rotatable bonds is 4. The maximum absolute atomic E-state index is 9.77. The van der Waals surface area contributed by atoms with Crippen molar-refractivity contribution >= 4 is 58.1 Å². The number of aromatic nitrogens is 4. The van der Waals surface area contributed by atoms with E-state index in [0.29, 0.717) is 16.8 Å². The van der Waals surface area contributed by atoms with E-state index in [1.165, 1.54) is 0 Å². The lowest BCUT2D eigenvalue weighted by Gasteiger charge is -2.11. The van der Waals surface area contributed by atoms with E-state index in [1.807, 2.05) is 123 Å². The molecule has 0 aliphatic carbocycles. The van der Waals surface area contributed by atoms with Crippen molar-refractivity contribution in [3.8, 4) is 46.2 Å². The molecule has 0 unspecified atom stereocenters. The molecular formula is C46H31N7. The smallest absolute Gasteiger partial charge is 0.130 e. The fourth-order valence-corrected chi connectivity index (χ4v) is 6.54. The number of hydrogen-bond donors (Lipinski definition) is 2. The molecule has 8 rings (SSSR count). The maximum atomic E-state index is 9.77. The van der Waals surface area contributed by atoms with Crippen molar-refractivity contribution in [2.75, 3.05) is 19.0 Å². The molecular weight excluding hydrogens is 651 g/mol. The van der Waals surface area contributed by atoms with E-state index in [4.69, 9.17) is 9.97 Å². The fourth-order valence-electron chi connectivity index (χ4n) is 6.54. The topological polar surface area (TPSA) is 108 Å². The van der Waals surface area contributed by atoms with Gasteiger partial charge < -0.3 is 14.9 Å². The van der Waals surface area contributed by atoms with Crippen LogP contribution in [-0.4, -0.2) is 34.0 Å². The van der Waals surface area contributed by atoms with Gasteiger partial charge in [-0.05, 0) is 90.0 Å². The second kappa shape index (κ2) is 13.9. The van der Waals surface area contributed by atoms with Crippen LogP contribution in [-0.2, 0) is 0 Å². The van der Waals surface area contributed by atoms with E-state index in [2.05, 4.69) is 63.1 Å². The average molecular weight is 682 g/mol. The van der Waals surface area contributed by atoms with Crippen LogP contribution in [0.5, 0.6) is 0 Å². The Labute approximate surface area is 307 Å². The van der Waals surface area contributed by atoms with E-state index in [1.54, 1.807) is 6.08 Å². The molecule has 0 saturated carbocycles. The highest BCUT2D eigenvalue weighted by Crippen LogP contribution is 2.34. The molecule has 0 amide bonds. The van der Waals surface area contributed by atoms with E-state index < -0.39 is 0 Å². The number of nitrogens with one attached hydrogen (secondary N) is 2. The van der Waals surface area contributed by atoms with Crippen LogP contribution >= 0.6 is 0 Å². The quantitative estimate of drug-likeness (QED) is 0.142. The number of hydrogen-bond acceptors (Lipinski definition) is 5. The summed E-state index contributed by atoms with van der Waals surface area (Å²) in [5.41, 5.74) is 13.2. The number of nitriles is 2. The standard InChI is InChI=1S/C46H31N7/c1-53(2)34-16-13-30(14-17-34)15-18-35-37-19-23-41(49-37)45(32-9-5-3-6-10-32)43-25-21-39(51-43)36(27-31(28-47)29-48)40-22-26-44(52-40)46(33-11-7-4-8-12-33)42-24-20-38(35)50-42/h3-14,16-17,19-27,49,52H,1-2H3. The Morgan fingerprint density at radius 3 is 1.66 bits per heavy atom. The zero-order chi connectivity index (χ0) is 36.3. The van der Waals surface area contributed by atoms with Crippen LogP contribution in [0.3, 0.4) is 0 Å². The normalized spacial score (nSPS) is 11.2. The Balaban J connectivity index is 1.51. The highest BCUT2D eigenvalue weighted by molar-refractivity contribution is 5.96. The van der Waals surface area contributed by atoms with Gasteiger partial charge in [0.1, 0.15) is 17.7 Å². The first-order valence-electron chi connectivity index (χ1n) is 17.1. The molecule has 7 heteroatoms. The molecule has 0 saturated heterocycles. The Bertz CT molecular complexity index is 2750. The van der Waals surface area contributed by atoms with E-state index in [0.717, 1.165) is 72.7 Å². The van der Waals surface area contributed by atoms with Gasteiger partial charge in [-0.3, -0.25) is 0 Å². The summed E-state index contributed by atoms with van der Waals surface area (Å²) in [4.78, 5) is 19.7. The number of benzene rings is 3. The number of aromatic amines is 2. The van der Waals surface area contributed by atoms with Crippen molar-refractivity contribution in [2.45, 2.75) is 0 Å².